The lowest BCUT2D eigenvalue weighted by Crippen LogP contribution is -2.18. The molecule has 0 bridgehead atoms. The lowest BCUT2D eigenvalue weighted by Gasteiger charge is -2.22. The molecule has 0 amide bonds. The van der Waals surface area contributed by atoms with Crippen molar-refractivity contribution in [3.05, 3.63) is 37.5 Å². The molecule has 1 N–H and O–H groups in total. The molecule has 0 saturated carbocycles. The second-order valence-corrected chi connectivity index (χ2v) is 8.01. The number of aryl methyl sites for hydroxylation is 1. The molecular formula is C16H19BrIN3. The Labute approximate surface area is 148 Å². The molecule has 0 aliphatic heterocycles. The van der Waals surface area contributed by atoms with E-state index in [1.165, 1.54) is 0 Å². The van der Waals surface area contributed by atoms with Gasteiger partial charge in [0, 0.05) is 22.5 Å². The Morgan fingerprint density at radius 1 is 1.19 bits per heavy atom. The van der Waals surface area contributed by atoms with Crippen LogP contribution in [0, 0.1) is 10.5 Å². The van der Waals surface area contributed by atoms with Gasteiger partial charge in [-0.3, -0.25) is 0 Å². The van der Waals surface area contributed by atoms with Gasteiger partial charge in [-0.15, -0.1) is 0 Å². The van der Waals surface area contributed by atoms with Crippen LogP contribution >= 0.6 is 38.5 Å². The third-order valence-electron chi connectivity index (χ3n) is 3.23. The van der Waals surface area contributed by atoms with Crippen LogP contribution in [0.3, 0.4) is 0 Å². The van der Waals surface area contributed by atoms with Gasteiger partial charge in [-0.25, -0.2) is 9.97 Å². The van der Waals surface area contributed by atoms with E-state index in [2.05, 4.69) is 88.6 Å². The summed E-state index contributed by atoms with van der Waals surface area (Å²) >= 11 is 5.82. The highest BCUT2D eigenvalue weighted by Gasteiger charge is 2.23. The predicted octanol–water partition coefficient (Wildman–Crippen LogP) is 5.16. The smallest absolute Gasteiger partial charge is 0.162 e. The first-order chi connectivity index (χ1) is 9.74. The SMILES string of the molecule is CNc1nc(-c2ccc(Br)cc2C)nc(C(C)(C)C)c1I. The van der Waals surface area contributed by atoms with Crippen molar-refractivity contribution in [2.75, 3.05) is 12.4 Å². The zero-order valence-corrected chi connectivity index (χ0v) is 16.6. The number of halogens is 2. The van der Waals surface area contributed by atoms with Crippen LogP contribution in [-0.2, 0) is 5.41 Å². The number of hydrogen-bond acceptors (Lipinski definition) is 3. The lowest BCUT2D eigenvalue weighted by atomic mass is 9.91. The van der Waals surface area contributed by atoms with Gasteiger partial charge in [-0.2, -0.15) is 0 Å². The van der Waals surface area contributed by atoms with Gasteiger partial charge in [0.05, 0.1) is 9.26 Å². The molecule has 0 saturated heterocycles. The van der Waals surface area contributed by atoms with E-state index in [1.807, 2.05) is 13.1 Å². The van der Waals surface area contributed by atoms with E-state index >= 15 is 0 Å². The summed E-state index contributed by atoms with van der Waals surface area (Å²) in [7, 11) is 1.90. The molecule has 0 aliphatic rings. The molecule has 21 heavy (non-hydrogen) atoms. The monoisotopic (exact) mass is 459 g/mol. The van der Waals surface area contributed by atoms with E-state index in [1.54, 1.807) is 0 Å². The maximum Gasteiger partial charge on any atom is 0.162 e. The molecule has 5 heteroatoms. The molecule has 0 radical (unpaired) electrons. The molecule has 1 aromatic carbocycles. The Kier molecular flexibility index (Phi) is 4.92. The highest BCUT2D eigenvalue weighted by atomic mass is 127. The molecule has 2 aromatic rings. The highest BCUT2D eigenvalue weighted by molar-refractivity contribution is 14.1. The molecule has 0 unspecified atom stereocenters. The van der Waals surface area contributed by atoms with Crippen LogP contribution in [0.5, 0.6) is 0 Å². The maximum absolute atomic E-state index is 4.84. The van der Waals surface area contributed by atoms with Gasteiger partial charge in [-0.05, 0) is 53.3 Å². The highest BCUT2D eigenvalue weighted by Crippen LogP contribution is 2.32. The molecule has 1 aromatic heterocycles. The summed E-state index contributed by atoms with van der Waals surface area (Å²) in [4.78, 5) is 9.52. The Morgan fingerprint density at radius 3 is 2.38 bits per heavy atom. The molecule has 3 nitrogen and oxygen atoms in total. The van der Waals surface area contributed by atoms with Crippen molar-refractivity contribution in [1.29, 1.82) is 0 Å². The first kappa shape index (κ1) is 16.7. The fourth-order valence-electron chi connectivity index (χ4n) is 2.11. The summed E-state index contributed by atoms with van der Waals surface area (Å²) in [5.41, 5.74) is 3.27. The third kappa shape index (κ3) is 3.56. The fourth-order valence-corrected chi connectivity index (χ4v) is 3.90. The van der Waals surface area contributed by atoms with Gasteiger partial charge in [-0.1, -0.05) is 36.7 Å². The Balaban J connectivity index is 2.70. The third-order valence-corrected chi connectivity index (χ3v) is 4.74. The molecule has 2 rings (SSSR count). The second-order valence-electron chi connectivity index (χ2n) is 6.02. The van der Waals surface area contributed by atoms with Crippen LogP contribution in [0.2, 0.25) is 0 Å². The first-order valence-electron chi connectivity index (χ1n) is 6.76. The summed E-state index contributed by atoms with van der Waals surface area (Å²) in [6.07, 6.45) is 0. The Hall–Kier alpha value is -0.690. The summed E-state index contributed by atoms with van der Waals surface area (Å²) in [5, 5.41) is 3.18. The number of nitrogens with zero attached hydrogens (tertiary/aromatic N) is 2. The summed E-state index contributed by atoms with van der Waals surface area (Å²) in [5.74, 6) is 1.66. The molecule has 0 atom stereocenters. The molecule has 0 fully saturated rings. The number of aromatic nitrogens is 2. The normalized spacial score (nSPS) is 11.6. The second kappa shape index (κ2) is 6.20. The molecule has 1 heterocycles. The quantitative estimate of drug-likeness (QED) is 0.630. The van der Waals surface area contributed by atoms with E-state index in [0.29, 0.717) is 0 Å². The largest absolute Gasteiger partial charge is 0.372 e. The minimum atomic E-state index is -0.0247. The van der Waals surface area contributed by atoms with Crippen LogP contribution in [0.15, 0.2) is 22.7 Å². The average molecular weight is 460 g/mol. The number of anilines is 1. The van der Waals surface area contributed by atoms with Gasteiger partial charge in [0.1, 0.15) is 5.82 Å². The zero-order chi connectivity index (χ0) is 15.8. The van der Waals surface area contributed by atoms with E-state index in [9.17, 15) is 0 Å². The van der Waals surface area contributed by atoms with Gasteiger partial charge in [0.25, 0.3) is 0 Å². The van der Waals surface area contributed by atoms with Crippen molar-refractivity contribution in [2.24, 2.45) is 0 Å². The van der Waals surface area contributed by atoms with Crippen molar-refractivity contribution < 1.29 is 0 Å². The Morgan fingerprint density at radius 2 is 1.86 bits per heavy atom. The van der Waals surface area contributed by atoms with Crippen LogP contribution in [0.1, 0.15) is 32.0 Å². The molecular weight excluding hydrogens is 441 g/mol. The van der Waals surface area contributed by atoms with E-state index in [4.69, 9.17) is 4.98 Å². The summed E-state index contributed by atoms with van der Waals surface area (Å²) in [6.45, 7) is 8.61. The fraction of sp³-hybridized carbons (Fsp3) is 0.375. The zero-order valence-electron chi connectivity index (χ0n) is 12.9. The van der Waals surface area contributed by atoms with E-state index in [0.717, 1.165) is 36.5 Å². The minimum absolute atomic E-state index is 0.0247. The maximum atomic E-state index is 4.84. The van der Waals surface area contributed by atoms with Crippen molar-refractivity contribution in [2.45, 2.75) is 33.1 Å². The summed E-state index contributed by atoms with van der Waals surface area (Å²) < 4.78 is 2.15. The molecule has 0 aliphatic carbocycles. The van der Waals surface area contributed by atoms with Gasteiger partial charge in [0.2, 0.25) is 0 Å². The predicted molar refractivity (Wildman–Crippen MR) is 101 cm³/mol. The topological polar surface area (TPSA) is 37.8 Å². The minimum Gasteiger partial charge on any atom is -0.372 e. The van der Waals surface area contributed by atoms with Crippen molar-refractivity contribution >= 4 is 44.3 Å². The van der Waals surface area contributed by atoms with E-state index < -0.39 is 0 Å². The standard InChI is InChI=1S/C16H19BrIN3/c1-9-8-10(17)6-7-11(9)14-20-13(16(2,3)4)12(18)15(19-5)21-14/h6-8H,1-5H3,(H,19,20,21). The van der Waals surface area contributed by atoms with Gasteiger partial charge in [0.15, 0.2) is 5.82 Å². The lowest BCUT2D eigenvalue weighted by molar-refractivity contribution is 0.564. The number of nitrogens with one attached hydrogen (secondary N) is 1. The van der Waals surface area contributed by atoms with Crippen LogP contribution in [0.4, 0.5) is 5.82 Å². The van der Waals surface area contributed by atoms with Crippen molar-refractivity contribution in [1.82, 2.24) is 9.97 Å². The van der Waals surface area contributed by atoms with Gasteiger partial charge < -0.3 is 5.32 Å². The van der Waals surface area contributed by atoms with Gasteiger partial charge >= 0.3 is 0 Å². The van der Waals surface area contributed by atoms with Crippen LogP contribution in [-0.4, -0.2) is 17.0 Å². The number of rotatable bonds is 2. The van der Waals surface area contributed by atoms with Crippen molar-refractivity contribution in [3.8, 4) is 11.4 Å². The summed E-state index contributed by atoms with van der Waals surface area (Å²) in [6, 6.07) is 6.18. The average Bonchev–Trinajstić information content (AvgIpc) is 2.38. The number of benzene rings is 1. The molecule has 112 valence electrons. The Bertz CT molecular complexity index is 678. The van der Waals surface area contributed by atoms with Crippen LogP contribution in [0.25, 0.3) is 11.4 Å². The van der Waals surface area contributed by atoms with E-state index in [-0.39, 0.29) is 5.41 Å². The van der Waals surface area contributed by atoms with Crippen molar-refractivity contribution in [3.63, 3.8) is 0 Å². The molecule has 0 spiro atoms. The van der Waals surface area contributed by atoms with Crippen LogP contribution < -0.4 is 5.32 Å². The first-order valence-corrected chi connectivity index (χ1v) is 8.63. The number of hydrogen-bond donors (Lipinski definition) is 1.